The second kappa shape index (κ2) is 5.61. The van der Waals surface area contributed by atoms with E-state index in [1.165, 1.54) is 12.1 Å². The third-order valence-corrected chi connectivity index (χ3v) is 3.54. The van der Waals surface area contributed by atoms with Crippen LogP contribution >= 0.6 is 15.9 Å². The summed E-state index contributed by atoms with van der Waals surface area (Å²) in [4.78, 5) is 16.4. The van der Waals surface area contributed by atoms with Crippen molar-refractivity contribution in [2.45, 2.75) is 20.3 Å². The van der Waals surface area contributed by atoms with Crippen molar-refractivity contribution in [2.75, 3.05) is 0 Å². The van der Waals surface area contributed by atoms with Crippen molar-refractivity contribution in [3.8, 4) is 0 Å². The molecule has 0 saturated carbocycles. The van der Waals surface area contributed by atoms with Crippen LogP contribution in [0, 0.1) is 19.7 Å². The van der Waals surface area contributed by atoms with Crippen molar-refractivity contribution in [3.05, 3.63) is 63.1 Å². The van der Waals surface area contributed by atoms with Crippen molar-refractivity contribution in [2.24, 2.45) is 0 Å². The van der Waals surface area contributed by atoms with Crippen LogP contribution in [0.4, 0.5) is 4.39 Å². The number of benzene rings is 1. The lowest BCUT2D eigenvalue weighted by Crippen LogP contribution is -2.06. The zero-order valence-electron chi connectivity index (χ0n) is 10.7. The minimum absolute atomic E-state index is 0.0418. The topological polar surface area (TPSA) is 30.0 Å². The Bertz CT molecular complexity index is 620. The van der Waals surface area contributed by atoms with E-state index in [9.17, 15) is 9.18 Å². The molecule has 0 aliphatic heterocycles. The van der Waals surface area contributed by atoms with Gasteiger partial charge in [0.15, 0.2) is 5.78 Å². The van der Waals surface area contributed by atoms with E-state index < -0.39 is 0 Å². The predicted molar refractivity (Wildman–Crippen MR) is 75.8 cm³/mol. The molecular weight excluding hydrogens is 309 g/mol. The normalized spacial score (nSPS) is 10.5. The van der Waals surface area contributed by atoms with Crippen LogP contribution in [0.15, 0.2) is 34.8 Å². The molecule has 0 amide bonds. The Hall–Kier alpha value is -1.55. The summed E-state index contributed by atoms with van der Waals surface area (Å²) in [6.45, 7) is 3.70. The molecule has 98 valence electrons. The Morgan fingerprint density at radius 3 is 2.47 bits per heavy atom. The summed E-state index contributed by atoms with van der Waals surface area (Å²) in [5, 5.41) is 0. The van der Waals surface area contributed by atoms with Crippen molar-refractivity contribution in [1.82, 2.24) is 4.98 Å². The number of carbonyl (C=O) groups excluding carboxylic acids is 1. The molecule has 19 heavy (non-hydrogen) atoms. The first-order valence-corrected chi connectivity index (χ1v) is 6.67. The molecule has 0 aliphatic rings. The van der Waals surface area contributed by atoms with Crippen LogP contribution in [0.3, 0.4) is 0 Å². The molecule has 4 heteroatoms. The molecule has 0 aliphatic carbocycles. The van der Waals surface area contributed by atoms with Gasteiger partial charge in [0.25, 0.3) is 0 Å². The number of pyridine rings is 1. The Kier molecular flexibility index (Phi) is 4.10. The standard InChI is InChI=1S/C15H13BrFNO/c1-9-5-12(6-10(2)18-9)15(19)8-11-7-13(17)3-4-14(11)16/h3-7H,8H2,1-2H3. The smallest absolute Gasteiger partial charge is 0.167 e. The summed E-state index contributed by atoms with van der Waals surface area (Å²) in [6.07, 6.45) is 0.168. The van der Waals surface area contributed by atoms with Crippen LogP contribution < -0.4 is 0 Å². The molecule has 0 N–H and O–H groups in total. The molecule has 1 aromatic heterocycles. The predicted octanol–water partition coefficient (Wildman–Crippen LogP) is 4.03. The lowest BCUT2D eigenvalue weighted by molar-refractivity contribution is 0.0992. The van der Waals surface area contributed by atoms with Gasteiger partial charge in [0.2, 0.25) is 0 Å². The van der Waals surface area contributed by atoms with Crippen LogP contribution in [-0.4, -0.2) is 10.8 Å². The van der Waals surface area contributed by atoms with Gasteiger partial charge in [-0.3, -0.25) is 9.78 Å². The first-order valence-electron chi connectivity index (χ1n) is 5.88. The summed E-state index contributed by atoms with van der Waals surface area (Å²) < 4.78 is 13.9. The molecule has 0 spiro atoms. The Morgan fingerprint density at radius 1 is 1.21 bits per heavy atom. The summed E-state index contributed by atoms with van der Waals surface area (Å²) >= 11 is 3.33. The maximum absolute atomic E-state index is 13.2. The number of rotatable bonds is 3. The van der Waals surface area contributed by atoms with E-state index in [1.807, 2.05) is 13.8 Å². The number of carbonyl (C=O) groups is 1. The van der Waals surface area contributed by atoms with Crippen molar-refractivity contribution in [1.29, 1.82) is 0 Å². The van der Waals surface area contributed by atoms with Crippen LogP contribution in [0.2, 0.25) is 0 Å². The highest BCUT2D eigenvalue weighted by Crippen LogP contribution is 2.20. The molecule has 0 saturated heterocycles. The summed E-state index contributed by atoms with van der Waals surface area (Å²) in [5.41, 5.74) is 2.88. The molecule has 0 radical (unpaired) electrons. The molecular formula is C15H13BrFNO. The molecule has 1 aromatic carbocycles. The van der Waals surface area contributed by atoms with E-state index >= 15 is 0 Å². The summed E-state index contributed by atoms with van der Waals surface area (Å²) in [5.74, 6) is -0.381. The monoisotopic (exact) mass is 321 g/mol. The third kappa shape index (κ3) is 3.47. The molecule has 1 heterocycles. The zero-order chi connectivity index (χ0) is 14.0. The van der Waals surface area contributed by atoms with Crippen molar-refractivity contribution < 1.29 is 9.18 Å². The van der Waals surface area contributed by atoms with Gasteiger partial charge in [-0.15, -0.1) is 0 Å². The lowest BCUT2D eigenvalue weighted by Gasteiger charge is -2.06. The molecule has 2 aromatic rings. The van der Waals surface area contributed by atoms with Crippen LogP contribution in [0.25, 0.3) is 0 Å². The first kappa shape index (κ1) is 13.9. The Morgan fingerprint density at radius 2 is 1.84 bits per heavy atom. The highest BCUT2D eigenvalue weighted by atomic mass is 79.9. The maximum atomic E-state index is 13.2. The number of nitrogens with zero attached hydrogens (tertiary/aromatic N) is 1. The largest absolute Gasteiger partial charge is 0.294 e. The number of hydrogen-bond donors (Lipinski definition) is 0. The summed E-state index contributed by atoms with van der Waals surface area (Å²) in [6, 6.07) is 7.85. The molecule has 2 nitrogen and oxygen atoms in total. The van der Waals surface area contributed by atoms with E-state index in [1.54, 1.807) is 18.2 Å². The maximum Gasteiger partial charge on any atom is 0.167 e. The van der Waals surface area contributed by atoms with E-state index in [4.69, 9.17) is 0 Å². The lowest BCUT2D eigenvalue weighted by atomic mass is 10.0. The number of aryl methyl sites for hydroxylation is 2. The van der Waals surface area contributed by atoms with Gasteiger partial charge in [-0.25, -0.2) is 4.39 Å². The fourth-order valence-corrected chi connectivity index (χ4v) is 2.34. The fourth-order valence-electron chi connectivity index (χ4n) is 1.95. The highest BCUT2D eigenvalue weighted by molar-refractivity contribution is 9.10. The molecule has 0 fully saturated rings. The fraction of sp³-hybridized carbons (Fsp3) is 0.200. The quantitative estimate of drug-likeness (QED) is 0.799. The first-order chi connectivity index (χ1) is 8.95. The van der Waals surface area contributed by atoms with Gasteiger partial charge in [-0.2, -0.15) is 0 Å². The van der Waals surface area contributed by atoms with E-state index in [-0.39, 0.29) is 18.0 Å². The molecule has 2 rings (SSSR count). The number of halogens is 2. The van der Waals surface area contributed by atoms with E-state index in [0.717, 1.165) is 15.9 Å². The number of ketones is 1. The average molecular weight is 322 g/mol. The van der Waals surface area contributed by atoms with Gasteiger partial charge in [0.1, 0.15) is 5.82 Å². The van der Waals surface area contributed by atoms with Crippen LogP contribution in [-0.2, 0) is 6.42 Å². The SMILES string of the molecule is Cc1cc(C(=O)Cc2cc(F)ccc2Br)cc(C)n1. The third-order valence-electron chi connectivity index (χ3n) is 2.76. The van der Waals surface area contributed by atoms with Crippen LogP contribution in [0.1, 0.15) is 27.3 Å². The van der Waals surface area contributed by atoms with Crippen molar-refractivity contribution >= 4 is 21.7 Å². The van der Waals surface area contributed by atoms with Crippen LogP contribution in [0.5, 0.6) is 0 Å². The number of aromatic nitrogens is 1. The highest BCUT2D eigenvalue weighted by Gasteiger charge is 2.11. The minimum Gasteiger partial charge on any atom is -0.294 e. The number of hydrogen-bond acceptors (Lipinski definition) is 2. The minimum atomic E-state index is -0.340. The number of Topliss-reactive ketones (excluding diaryl/α,β-unsaturated/α-hetero) is 1. The molecule has 0 bridgehead atoms. The van der Waals surface area contributed by atoms with Gasteiger partial charge in [0, 0.05) is 27.8 Å². The average Bonchev–Trinajstić information content (AvgIpc) is 2.32. The van der Waals surface area contributed by atoms with Crippen molar-refractivity contribution in [3.63, 3.8) is 0 Å². The summed E-state index contributed by atoms with van der Waals surface area (Å²) in [7, 11) is 0. The van der Waals surface area contributed by atoms with Gasteiger partial charge >= 0.3 is 0 Å². The second-order valence-electron chi connectivity index (χ2n) is 4.47. The zero-order valence-corrected chi connectivity index (χ0v) is 12.3. The van der Waals surface area contributed by atoms with Gasteiger partial charge < -0.3 is 0 Å². The Balaban J connectivity index is 2.28. The van der Waals surface area contributed by atoms with Gasteiger partial charge in [-0.1, -0.05) is 15.9 Å². The van der Waals surface area contributed by atoms with E-state index in [2.05, 4.69) is 20.9 Å². The van der Waals surface area contributed by atoms with Gasteiger partial charge in [-0.05, 0) is 49.7 Å². The molecule has 0 unspecified atom stereocenters. The van der Waals surface area contributed by atoms with E-state index in [0.29, 0.717) is 11.1 Å². The van der Waals surface area contributed by atoms with Gasteiger partial charge in [0.05, 0.1) is 0 Å². The second-order valence-corrected chi connectivity index (χ2v) is 5.33. The molecule has 0 atom stereocenters. The Labute approximate surface area is 119 Å².